The van der Waals surface area contributed by atoms with Gasteiger partial charge in [0.15, 0.2) is 0 Å². The fraction of sp³-hybridized carbons (Fsp3) is 0.368. The van der Waals surface area contributed by atoms with Gasteiger partial charge in [0.2, 0.25) is 17.8 Å². The van der Waals surface area contributed by atoms with Crippen molar-refractivity contribution in [3.05, 3.63) is 35.6 Å². The normalized spacial score (nSPS) is 19.0. The quantitative estimate of drug-likeness (QED) is 0.748. The third-order valence-electron chi connectivity index (χ3n) is 5.03. The topological polar surface area (TPSA) is 113 Å². The summed E-state index contributed by atoms with van der Waals surface area (Å²) in [6, 6.07) is 5.41. The van der Waals surface area contributed by atoms with Crippen molar-refractivity contribution in [3.8, 4) is 0 Å². The minimum Gasteiger partial charge on any atom is -0.383 e. The predicted molar refractivity (Wildman–Crippen MR) is 104 cm³/mol. The van der Waals surface area contributed by atoms with Crippen LogP contribution < -0.4 is 21.3 Å². The maximum Gasteiger partial charge on any atom is 0.232 e. The Labute approximate surface area is 161 Å². The number of nitrogens with two attached hydrogens (primary N) is 1. The highest BCUT2D eigenvalue weighted by atomic mass is 19.1. The number of carbonyl (C=O) groups is 2. The number of anilines is 4. The van der Waals surface area contributed by atoms with Gasteiger partial charge in [-0.1, -0.05) is 0 Å². The molecule has 4 N–H and O–H groups in total. The lowest BCUT2D eigenvalue weighted by Gasteiger charge is -2.30. The molecule has 1 aromatic heterocycles. The Morgan fingerprint density at radius 1 is 1.18 bits per heavy atom. The van der Waals surface area contributed by atoms with Crippen molar-refractivity contribution in [3.63, 3.8) is 0 Å². The Morgan fingerprint density at radius 3 is 2.61 bits per heavy atom. The van der Waals surface area contributed by atoms with E-state index in [0.29, 0.717) is 17.2 Å². The highest BCUT2D eigenvalue weighted by molar-refractivity contribution is 6.05. The third-order valence-corrected chi connectivity index (χ3v) is 5.03. The summed E-state index contributed by atoms with van der Waals surface area (Å²) in [5.41, 5.74) is 7.03. The molecule has 0 radical (unpaired) electrons. The van der Waals surface area contributed by atoms with Gasteiger partial charge >= 0.3 is 0 Å². The zero-order valence-electron chi connectivity index (χ0n) is 15.2. The highest BCUT2D eigenvalue weighted by Gasteiger charge is 2.35. The lowest BCUT2D eigenvalue weighted by Crippen LogP contribution is -2.35. The Morgan fingerprint density at radius 2 is 1.89 bits per heavy atom. The van der Waals surface area contributed by atoms with Crippen molar-refractivity contribution in [2.24, 2.45) is 0 Å². The molecule has 1 unspecified atom stereocenters. The number of piperidine rings is 1. The smallest absolute Gasteiger partial charge is 0.232 e. The Kier molecular flexibility index (Phi) is 4.81. The number of benzene rings is 1. The second-order valence-corrected chi connectivity index (χ2v) is 7.02. The van der Waals surface area contributed by atoms with E-state index in [-0.39, 0.29) is 24.0 Å². The number of rotatable bonds is 3. The van der Waals surface area contributed by atoms with Crippen LogP contribution in [0.15, 0.2) is 24.3 Å². The van der Waals surface area contributed by atoms with Crippen LogP contribution in [0.25, 0.3) is 0 Å². The van der Waals surface area contributed by atoms with Crippen molar-refractivity contribution >= 4 is 35.1 Å². The molecule has 4 rings (SSSR count). The van der Waals surface area contributed by atoms with Crippen LogP contribution in [0.2, 0.25) is 0 Å². The molecular weight excluding hydrogens is 363 g/mol. The number of aromatic nitrogens is 2. The van der Waals surface area contributed by atoms with E-state index in [0.717, 1.165) is 25.9 Å². The minimum absolute atomic E-state index is 0.0589. The largest absolute Gasteiger partial charge is 0.383 e. The minimum atomic E-state index is -0.816. The molecule has 2 amide bonds. The van der Waals surface area contributed by atoms with E-state index in [1.165, 1.54) is 30.7 Å². The summed E-state index contributed by atoms with van der Waals surface area (Å²) in [4.78, 5) is 35.9. The van der Waals surface area contributed by atoms with Gasteiger partial charge in [-0.15, -0.1) is 0 Å². The standard InChI is InChI=1S/C19H21FN6O2/c20-11-4-6-12(7-5-11)22-18(28)13-10-14(27)23-17-15(13)16(21)24-19(25-17)26-8-2-1-3-9-26/h4-7,13H,1-3,8-10H2,(H,22,28)(H3,21,23,24,25,27). The highest BCUT2D eigenvalue weighted by Crippen LogP contribution is 2.36. The molecule has 0 spiro atoms. The predicted octanol–water partition coefficient (Wildman–Crippen LogP) is 2.25. The van der Waals surface area contributed by atoms with Gasteiger partial charge in [0.05, 0.1) is 11.5 Å². The molecule has 0 aliphatic carbocycles. The average molecular weight is 384 g/mol. The SMILES string of the molecule is Nc1nc(N2CCCCC2)nc2c1C(C(=O)Nc1ccc(F)cc1)CC(=O)N2. The van der Waals surface area contributed by atoms with Crippen LogP contribution in [-0.2, 0) is 9.59 Å². The van der Waals surface area contributed by atoms with Crippen LogP contribution in [0.4, 0.5) is 27.7 Å². The fourth-order valence-electron chi connectivity index (χ4n) is 3.61. The van der Waals surface area contributed by atoms with Gasteiger partial charge in [-0.3, -0.25) is 9.59 Å². The summed E-state index contributed by atoms with van der Waals surface area (Å²) < 4.78 is 13.1. The number of hydrogen-bond donors (Lipinski definition) is 3. The molecule has 0 bridgehead atoms. The first-order valence-corrected chi connectivity index (χ1v) is 9.30. The number of amides is 2. The van der Waals surface area contributed by atoms with E-state index in [9.17, 15) is 14.0 Å². The van der Waals surface area contributed by atoms with E-state index in [1.54, 1.807) is 0 Å². The molecule has 2 aromatic rings. The molecule has 2 aliphatic heterocycles. The van der Waals surface area contributed by atoms with Crippen LogP contribution >= 0.6 is 0 Å². The summed E-state index contributed by atoms with van der Waals surface area (Å²) in [5, 5.41) is 5.41. The van der Waals surface area contributed by atoms with Crippen molar-refractivity contribution in [2.45, 2.75) is 31.6 Å². The summed E-state index contributed by atoms with van der Waals surface area (Å²) in [5.74, 6) is -1.00. The van der Waals surface area contributed by atoms with Gasteiger partial charge in [-0.05, 0) is 43.5 Å². The molecule has 1 aromatic carbocycles. The maximum absolute atomic E-state index is 13.1. The number of fused-ring (bicyclic) bond motifs is 1. The second kappa shape index (κ2) is 7.41. The lowest BCUT2D eigenvalue weighted by molar-refractivity contribution is -0.123. The first-order valence-electron chi connectivity index (χ1n) is 9.30. The van der Waals surface area contributed by atoms with Gasteiger partial charge in [-0.25, -0.2) is 4.39 Å². The molecule has 3 heterocycles. The summed E-state index contributed by atoms with van der Waals surface area (Å²) in [6.45, 7) is 1.67. The maximum atomic E-state index is 13.1. The van der Waals surface area contributed by atoms with E-state index < -0.39 is 17.6 Å². The first kappa shape index (κ1) is 18.1. The monoisotopic (exact) mass is 384 g/mol. The van der Waals surface area contributed by atoms with E-state index in [4.69, 9.17) is 5.73 Å². The molecule has 146 valence electrons. The summed E-state index contributed by atoms with van der Waals surface area (Å²) in [7, 11) is 0. The molecule has 2 aliphatic rings. The van der Waals surface area contributed by atoms with Gasteiger partial charge in [-0.2, -0.15) is 9.97 Å². The van der Waals surface area contributed by atoms with Crippen molar-refractivity contribution in [2.75, 3.05) is 34.4 Å². The van der Waals surface area contributed by atoms with Gasteiger partial charge in [0, 0.05) is 25.2 Å². The van der Waals surface area contributed by atoms with Gasteiger partial charge < -0.3 is 21.3 Å². The number of nitrogens with zero attached hydrogens (tertiary/aromatic N) is 3. The summed E-state index contributed by atoms with van der Waals surface area (Å²) in [6.07, 6.45) is 3.21. The van der Waals surface area contributed by atoms with Crippen molar-refractivity contribution in [1.82, 2.24) is 9.97 Å². The van der Waals surface area contributed by atoms with Crippen LogP contribution in [-0.4, -0.2) is 34.9 Å². The summed E-state index contributed by atoms with van der Waals surface area (Å²) >= 11 is 0. The van der Waals surface area contributed by atoms with E-state index >= 15 is 0 Å². The second-order valence-electron chi connectivity index (χ2n) is 7.02. The number of hydrogen-bond acceptors (Lipinski definition) is 6. The number of halogens is 1. The molecule has 1 saturated heterocycles. The molecule has 1 atom stereocenters. The zero-order valence-corrected chi connectivity index (χ0v) is 15.2. The van der Waals surface area contributed by atoms with Crippen LogP contribution in [0.5, 0.6) is 0 Å². The lowest BCUT2D eigenvalue weighted by atomic mass is 9.92. The molecule has 0 saturated carbocycles. The fourth-order valence-corrected chi connectivity index (χ4v) is 3.61. The Hall–Kier alpha value is -3.23. The number of carbonyl (C=O) groups excluding carboxylic acids is 2. The third kappa shape index (κ3) is 3.60. The van der Waals surface area contributed by atoms with Gasteiger partial charge in [0.1, 0.15) is 17.5 Å². The molecule has 28 heavy (non-hydrogen) atoms. The number of nitrogens with one attached hydrogen (secondary N) is 2. The molecule has 1 fully saturated rings. The molecule has 9 heteroatoms. The molecular formula is C19H21FN6O2. The zero-order chi connectivity index (χ0) is 19.7. The van der Waals surface area contributed by atoms with E-state index in [1.807, 2.05) is 4.90 Å². The van der Waals surface area contributed by atoms with Crippen molar-refractivity contribution in [1.29, 1.82) is 0 Å². The molecule has 8 nitrogen and oxygen atoms in total. The van der Waals surface area contributed by atoms with E-state index in [2.05, 4.69) is 20.6 Å². The van der Waals surface area contributed by atoms with Crippen LogP contribution in [0.1, 0.15) is 37.2 Å². The average Bonchev–Trinajstić information content (AvgIpc) is 2.69. The van der Waals surface area contributed by atoms with Crippen LogP contribution in [0, 0.1) is 5.82 Å². The Bertz CT molecular complexity index is 911. The van der Waals surface area contributed by atoms with Crippen molar-refractivity contribution < 1.29 is 14.0 Å². The van der Waals surface area contributed by atoms with Crippen LogP contribution in [0.3, 0.4) is 0 Å². The first-order chi connectivity index (χ1) is 13.5. The number of nitrogen functional groups attached to an aromatic ring is 1. The Balaban J connectivity index is 1.63. The van der Waals surface area contributed by atoms with Gasteiger partial charge in [0.25, 0.3) is 0 Å².